The maximum atomic E-state index is 10.4. The second kappa shape index (κ2) is 7.42. The number of nitrogens with zero attached hydrogens (tertiary/aromatic N) is 1. The van der Waals surface area contributed by atoms with Gasteiger partial charge in [-0.15, -0.1) is 0 Å². The highest BCUT2D eigenvalue weighted by Crippen LogP contribution is 2.64. The average Bonchev–Trinajstić information content (AvgIpc) is 3.36. The zero-order valence-corrected chi connectivity index (χ0v) is 18.8. The van der Waals surface area contributed by atoms with Crippen molar-refractivity contribution >= 4 is 0 Å². The number of ether oxygens (including phenoxy) is 4. The monoisotopic (exact) mass is 425 g/mol. The van der Waals surface area contributed by atoms with Gasteiger partial charge in [-0.3, -0.25) is 0 Å². The molecule has 3 fully saturated rings. The first-order valence-electron chi connectivity index (χ1n) is 12.5. The van der Waals surface area contributed by atoms with E-state index in [0.717, 1.165) is 84.0 Å². The van der Waals surface area contributed by atoms with E-state index < -0.39 is 5.60 Å². The number of allylic oxidation sites excluding steroid dienone is 3. The molecule has 168 valence electrons. The molecule has 0 bridgehead atoms. The fourth-order valence-electron chi connectivity index (χ4n) is 7.72. The molecule has 4 aliphatic carbocycles. The minimum atomic E-state index is -0.724. The molecule has 1 spiro atoms. The Labute approximate surface area is 185 Å². The van der Waals surface area contributed by atoms with E-state index in [1.54, 1.807) is 16.7 Å². The second-order valence-electron chi connectivity index (χ2n) is 10.8. The average molecular weight is 426 g/mol. The van der Waals surface area contributed by atoms with Gasteiger partial charge in [0, 0.05) is 24.9 Å². The van der Waals surface area contributed by atoms with Crippen molar-refractivity contribution in [1.82, 2.24) is 0 Å². The summed E-state index contributed by atoms with van der Waals surface area (Å²) in [6, 6.07) is 2.67. The topological polar surface area (TPSA) is 60.7 Å². The summed E-state index contributed by atoms with van der Waals surface area (Å²) < 4.78 is 24.5. The second-order valence-corrected chi connectivity index (χ2v) is 10.8. The molecule has 0 aromatic heterocycles. The maximum Gasteiger partial charge on any atom is 0.172 e. The minimum absolute atomic E-state index is 0.137. The summed E-state index contributed by atoms with van der Waals surface area (Å²) in [5.74, 6) is 0.731. The van der Waals surface area contributed by atoms with Gasteiger partial charge in [0.25, 0.3) is 0 Å². The zero-order valence-electron chi connectivity index (χ0n) is 18.8. The Kier molecular flexibility index (Phi) is 4.89. The van der Waals surface area contributed by atoms with Crippen LogP contribution in [0.1, 0.15) is 77.6 Å². The van der Waals surface area contributed by atoms with Gasteiger partial charge in [0.05, 0.1) is 19.3 Å². The van der Waals surface area contributed by atoms with Crippen molar-refractivity contribution in [3.05, 3.63) is 22.8 Å². The van der Waals surface area contributed by atoms with Crippen LogP contribution in [0.5, 0.6) is 0 Å². The molecule has 6 aliphatic rings. The molecule has 0 radical (unpaired) electrons. The highest BCUT2D eigenvalue weighted by atomic mass is 16.7. The van der Waals surface area contributed by atoms with Gasteiger partial charge >= 0.3 is 0 Å². The van der Waals surface area contributed by atoms with E-state index in [1.807, 2.05) is 0 Å². The summed E-state index contributed by atoms with van der Waals surface area (Å²) in [7, 11) is 0. The normalized spacial score (nSPS) is 43.7. The molecule has 5 atom stereocenters. The Morgan fingerprint density at radius 1 is 1.06 bits per heavy atom. The fourth-order valence-corrected chi connectivity index (χ4v) is 7.72. The van der Waals surface area contributed by atoms with Gasteiger partial charge in [-0.1, -0.05) is 18.6 Å². The molecule has 5 heteroatoms. The van der Waals surface area contributed by atoms with Gasteiger partial charge in [0.1, 0.15) is 0 Å². The summed E-state index contributed by atoms with van der Waals surface area (Å²) >= 11 is 0. The number of nitriles is 1. The van der Waals surface area contributed by atoms with Gasteiger partial charge < -0.3 is 18.9 Å². The summed E-state index contributed by atoms with van der Waals surface area (Å²) in [6.07, 6.45) is 13.6. The van der Waals surface area contributed by atoms with Gasteiger partial charge in [-0.25, -0.2) is 0 Å². The van der Waals surface area contributed by atoms with E-state index in [-0.39, 0.29) is 17.5 Å². The van der Waals surface area contributed by atoms with Crippen molar-refractivity contribution < 1.29 is 18.9 Å². The predicted octanol–water partition coefficient (Wildman–Crippen LogP) is 5.17. The van der Waals surface area contributed by atoms with Crippen molar-refractivity contribution in [2.75, 3.05) is 19.8 Å². The van der Waals surface area contributed by atoms with Crippen LogP contribution in [0.4, 0.5) is 0 Å². The maximum absolute atomic E-state index is 10.4. The van der Waals surface area contributed by atoms with Crippen LogP contribution < -0.4 is 0 Å². The largest absolute Gasteiger partial charge is 0.353 e. The van der Waals surface area contributed by atoms with Crippen LogP contribution in [0, 0.1) is 28.6 Å². The number of hydrogen-bond acceptors (Lipinski definition) is 5. The predicted molar refractivity (Wildman–Crippen MR) is 115 cm³/mol. The Morgan fingerprint density at radius 3 is 2.71 bits per heavy atom. The van der Waals surface area contributed by atoms with E-state index in [1.165, 1.54) is 6.42 Å². The van der Waals surface area contributed by atoms with Gasteiger partial charge in [0.2, 0.25) is 0 Å². The Morgan fingerprint density at radius 2 is 1.94 bits per heavy atom. The van der Waals surface area contributed by atoms with Crippen LogP contribution in [0.15, 0.2) is 22.8 Å². The van der Waals surface area contributed by atoms with Crippen LogP contribution in [-0.2, 0) is 18.9 Å². The molecule has 0 aromatic carbocycles. The molecule has 6 rings (SSSR count). The molecular weight excluding hydrogens is 390 g/mol. The molecule has 2 heterocycles. The summed E-state index contributed by atoms with van der Waals surface area (Å²) in [6.45, 7) is 4.54. The zero-order chi connectivity index (χ0) is 21.1. The van der Waals surface area contributed by atoms with Crippen molar-refractivity contribution in [2.24, 2.45) is 17.3 Å². The van der Waals surface area contributed by atoms with Gasteiger partial charge in [-0.05, 0) is 80.8 Å². The van der Waals surface area contributed by atoms with Gasteiger partial charge in [-0.2, -0.15) is 5.26 Å². The van der Waals surface area contributed by atoms with Crippen molar-refractivity contribution in [2.45, 2.75) is 95.2 Å². The lowest BCUT2D eigenvalue weighted by Crippen LogP contribution is -2.52. The van der Waals surface area contributed by atoms with E-state index in [4.69, 9.17) is 18.9 Å². The van der Waals surface area contributed by atoms with Crippen LogP contribution in [0.3, 0.4) is 0 Å². The molecule has 2 aliphatic heterocycles. The number of fused-ring (bicyclic) bond motifs is 4. The molecule has 0 N–H and O–H groups in total. The Hall–Kier alpha value is -1.19. The lowest BCUT2D eigenvalue weighted by atomic mass is 9.56. The molecule has 0 aromatic rings. The quantitative estimate of drug-likeness (QED) is 0.611. The van der Waals surface area contributed by atoms with Crippen molar-refractivity contribution in [1.29, 1.82) is 5.26 Å². The van der Waals surface area contributed by atoms with Crippen LogP contribution in [0.25, 0.3) is 0 Å². The summed E-state index contributed by atoms with van der Waals surface area (Å²) in [5, 5.41) is 10.4. The van der Waals surface area contributed by atoms with Crippen LogP contribution in [-0.4, -0.2) is 37.5 Å². The molecule has 5 nitrogen and oxygen atoms in total. The van der Waals surface area contributed by atoms with Crippen LogP contribution >= 0.6 is 0 Å². The SMILES string of the molecule is CC12CC=C3C4=C(CCC3C1CC[C@@]2(C#N)OC1CCCCO1)CC1(CC4)OCCO1. The highest BCUT2D eigenvalue weighted by Gasteiger charge is 2.63. The molecule has 4 unspecified atom stereocenters. The Bertz CT molecular complexity index is 844. The first-order chi connectivity index (χ1) is 15.1. The molecule has 1 saturated carbocycles. The van der Waals surface area contributed by atoms with E-state index in [2.05, 4.69) is 19.1 Å². The van der Waals surface area contributed by atoms with E-state index in [9.17, 15) is 5.26 Å². The molecule has 2 saturated heterocycles. The van der Waals surface area contributed by atoms with Crippen molar-refractivity contribution in [3.63, 3.8) is 0 Å². The standard InChI is InChI=1S/C26H35NO4/c1-24-10-7-20-19-8-12-26(29-14-15-30-26)16-18(19)5-6-21(20)22(24)9-11-25(24,17-27)31-23-4-2-3-13-28-23/h7,21-23H,2-6,8-16H2,1H3/t21?,22?,23?,24?,25-/m0/s1. The fraction of sp³-hybridized carbons (Fsp3) is 0.808. The summed E-state index contributed by atoms with van der Waals surface area (Å²) in [4.78, 5) is 0. The lowest BCUT2D eigenvalue weighted by Gasteiger charge is -2.51. The number of rotatable bonds is 2. The van der Waals surface area contributed by atoms with E-state index >= 15 is 0 Å². The molecule has 0 amide bonds. The third-order valence-electron chi connectivity index (χ3n) is 9.42. The summed E-state index contributed by atoms with van der Waals surface area (Å²) in [5.41, 5.74) is 3.88. The highest BCUT2D eigenvalue weighted by molar-refractivity contribution is 5.45. The van der Waals surface area contributed by atoms with Crippen molar-refractivity contribution in [3.8, 4) is 6.07 Å². The van der Waals surface area contributed by atoms with E-state index in [0.29, 0.717) is 11.8 Å². The van der Waals surface area contributed by atoms with Gasteiger partial charge in [0.15, 0.2) is 17.7 Å². The third kappa shape index (κ3) is 3.02. The third-order valence-corrected chi connectivity index (χ3v) is 9.42. The first kappa shape index (κ1) is 20.4. The number of hydrogen-bond donors (Lipinski definition) is 0. The molecular formula is C26H35NO4. The first-order valence-corrected chi connectivity index (χ1v) is 12.5. The minimum Gasteiger partial charge on any atom is -0.353 e. The Balaban J connectivity index is 1.28. The lowest BCUT2D eigenvalue weighted by molar-refractivity contribution is -0.235. The smallest absolute Gasteiger partial charge is 0.172 e. The molecule has 31 heavy (non-hydrogen) atoms. The van der Waals surface area contributed by atoms with Crippen LogP contribution in [0.2, 0.25) is 0 Å².